The third-order valence-corrected chi connectivity index (χ3v) is 6.18. The molecule has 1 aromatic carbocycles. The lowest BCUT2D eigenvalue weighted by molar-refractivity contribution is 0.322. The van der Waals surface area contributed by atoms with Gasteiger partial charge in [-0.25, -0.2) is 8.42 Å². The van der Waals surface area contributed by atoms with Crippen molar-refractivity contribution in [2.75, 3.05) is 32.0 Å². The second kappa shape index (κ2) is 11.6. The van der Waals surface area contributed by atoms with Crippen LogP contribution in [0.5, 0.6) is 5.75 Å². The van der Waals surface area contributed by atoms with E-state index >= 15 is 0 Å². The van der Waals surface area contributed by atoms with Crippen molar-refractivity contribution in [2.45, 2.75) is 39.4 Å². The molecule has 150 valence electrons. The quantitative estimate of drug-likeness (QED) is 0.250. The fraction of sp³-hybridized carbons (Fsp3) is 0.611. The molecule has 0 radical (unpaired) electrons. The molecule has 1 aromatic rings. The number of aryl methyl sites for hydroxylation is 1. The molecule has 0 unspecified atom stereocenters. The number of rotatable bonds is 8. The zero-order chi connectivity index (χ0) is 18.9. The first-order chi connectivity index (χ1) is 11.7. The molecule has 1 rings (SSSR count). The Morgan fingerprint density at radius 3 is 2.31 bits per heavy atom. The fourth-order valence-corrected chi connectivity index (χ4v) is 2.84. The maximum atomic E-state index is 12.1. The van der Waals surface area contributed by atoms with E-state index in [0.717, 1.165) is 5.75 Å². The van der Waals surface area contributed by atoms with Gasteiger partial charge in [0.15, 0.2) is 15.8 Å². The number of nitrogens with one attached hydrogen (secondary N) is 2. The third kappa shape index (κ3) is 9.07. The summed E-state index contributed by atoms with van der Waals surface area (Å²) in [5, 5.41) is 6.25. The van der Waals surface area contributed by atoms with Gasteiger partial charge in [0.2, 0.25) is 0 Å². The Hall–Kier alpha value is -1.03. The molecule has 0 aromatic heterocycles. The SMILES string of the molecule is CCNC(=NCCS(=O)(=O)C(C)(C)C)NCCOc1ccc(C)cc1.I. The Morgan fingerprint density at radius 2 is 1.77 bits per heavy atom. The van der Waals surface area contributed by atoms with Crippen molar-refractivity contribution in [1.82, 2.24) is 10.6 Å². The van der Waals surface area contributed by atoms with Gasteiger partial charge in [0, 0.05) is 6.54 Å². The second-order valence-corrected chi connectivity index (χ2v) is 9.64. The van der Waals surface area contributed by atoms with Crippen molar-refractivity contribution < 1.29 is 13.2 Å². The molecule has 0 saturated carbocycles. The number of hydrogen-bond acceptors (Lipinski definition) is 4. The average molecular weight is 497 g/mol. The molecule has 0 bridgehead atoms. The molecule has 0 fully saturated rings. The first-order valence-electron chi connectivity index (χ1n) is 8.59. The predicted octanol–water partition coefficient (Wildman–Crippen LogP) is 2.76. The minimum absolute atomic E-state index is 0. The highest BCUT2D eigenvalue weighted by atomic mass is 127. The zero-order valence-corrected chi connectivity index (χ0v) is 19.5. The highest BCUT2D eigenvalue weighted by molar-refractivity contribution is 14.0. The van der Waals surface area contributed by atoms with Gasteiger partial charge < -0.3 is 15.4 Å². The molecular weight excluding hydrogens is 465 g/mol. The van der Waals surface area contributed by atoms with Crippen LogP contribution in [0.15, 0.2) is 29.3 Å². The van der Waals surface area contributed by atoms with Crippen molar-refractivity contribution >= 4 is 39.8 Å². The van der Waals surface area contributed by atoms with Crippen LogP contribution in [0, 0.1) is 6.92 Å². The van der Waals surface area contributed by atoms with Gasteiger partial charge in [-0.3, -0.25) is 4.99 Å². The van der Waals surface area contributed by atoms with Gasteiger partial charge in [0.1, 0.15) is 12.4 Å². The van der Waals surface area contributed by atoms with E-state index in [1.165, 1.54) is 5.56 Å². The Balaban J connectivity index is 0.00000625. The Morgan fingerprint density at radius 1 is 1.15 bits per heavy atom. The molecule has 0 saturated heterocycles. The zero-order valence-electron chi connectivity index (χ0n) is 16.3. The Kier molecular flexibility index (Phi) is 11.2. The molecule has 0 aliphatic carbocycles. The number of aliphatic imine (C=N–C) groups is 1. The summed E-state index contributed by atoms with van der Waals surface area (Å²) in [5.41, 5.74) is 1.19. The van der Waals surface area contributed by atoms with Gasteiger partial charge in [-0.1, -0.05) is 17.7 Å². The summed E-state index contributed by atoms with van der Waals surface area (Å²) in [7, 11) is -3.16. The van der Waals surface area contributed by atoms with E-state index in [0.29, 0.717) is 25.7 Å². The number of halogens is 1. The van der Waals surface area contributed by atoms with Crippen molar-refractivity contribution in [3.05, 3.63) is 29.8 Å². The van der Waals surface area contributed by atoms with Gasteiger partial charge in [-0.2, -0.15) is 0 Å². The smallest absolute Gasteiger partial charge is 0.191 e. The van der Waals surface area contributed by atoms with E-state index in [1.54, 1.807) is 20.8 Å². The maximum Gasteiger partial charge on any atom is 0.191 e. The lowest BCUT2D eigenvalue weighted by Crippen LogP contribution is -2.40. The first-order valence-corrected chi connectivity index (χ1v) is 10.2. The predicted molar refractivity (Wildman–Crippen MR) is 120 cm³/mol. The molecule has 0 spiro atoms. The monoisotopic (exact) mass is 497 g/mol. The molecule has 6 nitrogen and oxygen atoms in total. The number of guanidine groups is 1. The molecule has 0 aliphatic heterocycles. The highest BCUT2D eigenvalue weighted by Crippen LogP contribution is 2.15. The van der Waals surface area contributed by atoms with Crippen molar-refractivity contribution in [3.8, 4) is 5.75 Å². The number of sulfone groups is 1. The minimum atomic E-state index is -3.16. The van der Waals surface area contributed by atoms with Crippen LogP contribution < -0.4 is 15.4 Å². The van der Waals surface area contributed by atoms with Crippen molar-refractivity contribution in [3.63, 3.8) is 0 Å². The van der Waals surface area contributed by atoms with Crippen molar-refractivity contribution in [1.29, 1.82) is 0 Å². The Bertz CT molecular complexity index is 653. The maximum absolute atomic E-state index is 12.1. The topological polar surface area (TPSA) is 79.8 Å². The van der Waals surface area contributed by atoms with Crippen LogP contribution in [0.3, 0.4) is 0 Å². The fourth-order valence-electron chi connectivity index (χ4n) is 1.90. The summed E-state index contributed by atoms with van der Waals surface area (Å²) in [6, 6.07) is 7.88. The van der Waals surface area contributed by atoms with Crippen LogP contribution in [-0.4, -0.2) is 51.1 Å². The van der Waals surface area contributed by atoms with Crippen LogP contribution in [0.25, 0.3) is 0 Å². The summed E-state index contributed by atoms with van der Waals surface area (Å²) in [6.45, 7) is 11.1. The van der Waals surface area contributed by atoms with Gasteiger partial charge in [-0.05, 0) is 46.8 Å². The molecule has 2 N–H and O–H groups in total. The number of nitrogens with zero attached hydrogens (tertiary/aromatic N) is 1. The first kappa shape index (κ1) is 25.0. The van der Waals surface area contributed by atoms with Gasteiger partial charge >= 0.3 is 0 Å². The Labute approximate surface area is 175 Å². The number of hydrogen-bond donors (Lipinski definition) is 2. The van der Waals surface area contributed by atoms with Crippen LogP contribution in [0.2, 0.25) is 0 Å². The van der Waals surface area contributed by atoms with Gasteiger partial charge in [0.05, 0.1) is 23.6 Å². The summed E-state index contributed by atoms with van der Waals surface area (Å²) in [5.74, 6) is 1.46. The largest absolute Gasteiger partial charge is 0.492 e. The van der Waals surface area contributed by atoms with Crippen LogP contribution in [-0.2, 0) is 9.84 Å². The van der Waals surface area contributed by atoms with Crippen LogP contribution >= 0.6 is 24.0 Å². The lowest BCUT2D eigenvalue weighted by atomic mass is 10.2. The van der Waals surface area contributed by atoms with E-state index in [2.05, 4.69) is 15.6 Å². The van der Waals surface area contributed by atoms with Gasteiger partial charge in [-0.15, -0.1) is 24.0 Å². The number of benzene rings is 1. The summed E-state index contributed by atoms with van der Waals surface area (Å²) in [6.07, 6.45) is 0. The molecule has 0 heterocycles. The molecule has 0 aliphatic rings. The van der Waals surface area contributed by atoms with E-state index in [-0.39, 0.29) is 36.3 Å². The standard InChI is InChI=1S/C18H31N3O3S.HI/c1-6-19-17(21-12-14-25(22,23)18(3,4)5)20-11-13-24-16-9-7-15(2)8-10-16;/h7-10H,6,11-14H2,1-5H3,(H2,19,20,21);1H. The lowest BCUT2D eigenvalue weighted by Gasteiger charge is -2.18. The number of ether oxygens (including phenoxy) is 1. The molecule has 0 amide bonds. The van der Waals surface area contributed by atoms with E-state index in [4.69, 9.17) is 4.74 Å². The van der Waals surface area contributed by atoms with E-state index in [9.17, 15) is 8.42 Å². The van der Waals surface area contributed by atoms with Crippen LogP contribution in [0.1, 0.15) is 33.3 Å². The van der Waals surface area contributed by atoms with Gasteiger partial charge in [0.25, 0.3) is 0 Å². The summed E-state index contributed by atoms with van der Waals surface area (Å²) < 4.78 is 29.1. The van der Waals surface area contributed by atoms with E-state index in [1.807, 2.05) is 38.1 Å². The summed E-state index contributed by atoms with van der Waals surface area (Å²) in [4.78, 5) is 4.33. The van der Waals surface area contributed by atoms with Crippen LogP contribution in [0.4, 0.5) is 0 Å². The normalized spacial score (nSPS) is 12.3. The van der Waals surface area contributed by atoms with Crippen molar-refractivity contribution in [2.24, 2.45) is 4.99 Å². The molecule has 8 heteroatoms. The minimum Gasteiger partial charge on any atom is -0.492 e. The molecule has 26 heavy (non-hydrogen) atoms. The molecular formula is C18H32IN3O3S. The highest BCUT2D eigenvalue weighted by Gasteiger charge is 2.28. The second-order valence-electron chi connectivity index (χ2n) is 6.78. The third-order valence-electron chi connectivity index (χ3n) is 3.59. The summed E-state index contributed by atoms with van der Waals surface area (Å²) >= 11 is 0. The van der Waals surface area contributed by atoms with E-state index < -0.39 is 14.6 Å². The average Bonchev–Trinajstić information content (AvgIpc) is 2.52. The molecule has 0 atom stereocenters.